The van der Waals surface area contributed by atoms with E-state index in [1.807, 2.05) is 26.0 Å². The zero-order valence-electron chi connectivity index (χ0n) is 14.0. The lowest BCUT2D eigenvalue weighted by atomic mass is 10.1. The first kappa shape index (κ1) is 17.2. The van der Waals surface area contributed by atoms with Crippen LogP contribution in [0, 0.1) is 0 Å². The number of hydrogen-bond acceptors (Lipinski definition) is 2. The number of aromatic amines is 1. The second kappa shape index (κ2) is 7.42. The number of fused-ring (bicyclic) bond motifs is 1. The molecule has 0 saturated carbocycles. The molecule has 0 atom stereocenters. The van der Waals surface area contributed by atoms with Crippen molar-refractivity contribution in [3.63, 3.8) is 0 Å². The second-order valence-corrected chi connectivity index (χ2v) is 5.74. The number of benzene rings is 1. The van der Waals surface area contributed by atoms with Gasteiger partial charge in [0.25, 0.3) is 0 Å². The van der Waals surface area contributed by atoms with E-state index in [-0.39, 0.29) is 0 Å². The molecule has 0 radical (unpaired) electrons. The lowest BCUT2D eigenvalue weighted by Gasteiger charge is -2.04. The first-order valence-corrected chi connectivity index (χ1v) is 8.23. The molecule has 120 valence electrons. The molecule has 0 spiro atoms. The van der Waals surface area contributed by atoms with Crippen molar-refractivity contribution in [2.45, 2.75) is 33.6 Å². The van der Waals surface area contributed by atoms with Gasteiger partial charge in [0.1, 0.15) is 0 Å². The lowest BCUT2D eigenvalue weighted by molar-refractivity contribution is 0.836. The largest absolute Gasteiger partial charge is 0.358 e. The van der Waals surface area contributed by atoms with Gasteiger partial charge in [0.15, 0.2) is 0 Å². The summed E-state index contributed by atoms with van der Waals surface area (Å²) in [5.74, 6) is 0.450. The number of rotatable bonds is 3. The van der Waals surface area contributed by atoms with Crippen LogP contribution in [-0.4, -0.2) is 15.0 Å². The van der Waals surface area contributed by atoms with Crippen LogP contribution in [0.5, 0.6) is 0 Å². The fourth-order valence-electron chi connectivity index (χ4n) is 2.27. The van der Waals surface area contributed by atoms with Gasteiger partial charge in [-0.1, -0.05) is 45.9 Å². The van der Waals surface area contributed by atoms with E-state index in [0.29, 0.717) is 10.9 Å². The highest BCUT2D eigenvalue weighted by atomic mass is 35.5. The molecule has 0 unspecified atom stereocenters. The van der Waals surface area contributed by atoms with Crippen LogP contribution < -0.4 is 0 Å². The molecule has 0 bridgehead atoms. The van der Waals surface area contributed by atoms with Gasteiger partial charge < -0.3 is 4.98 Å². The second-order valence-electron chi connectivity index (χ2n) is 5.33. The predicted molar refractivity (Wildman–Crippen MR) is 99.9 cm³/mol. The molecule has 0 aliphatic rings. The summed E-state index contributed by atoms with van der Waals surface area (Å²) < 4.78 is 0. The van der Waals surface area contributed by atoms with Gasteiger partial charge in [-0.05, 0) is 30.2 Å². The van der Waals surface area contributed by atoms with E-state index in [1.54, 1.807) is 18.5 Å². The molecule has 3 nitrogen and oxygen atoms in total. The molecule has 0 fully saturated rings. The highest BCUT2D eigenvalue weighted by Gasteiger charge is 2.11. The van der Waals surface area contributed by atoms with Crippen molar-refractivity contribution >= 4 is 28.6 Å². The molecule has 0 aliphatic heterocycles. The quantitative estimate of drug-likeness (QED) is 0.634. The van der Waals surface area contributed by atoms with Crippen molar-refractivity contribution < 1.29 is 0 Å². The van der Waals surface area contributed by atoms with E-state index in [9.17, 15) is 0 Å². The van der Waals surface area contributed by atoms with Gasteiger partial charge in [0.05, 0.1) is 28.8 Å². The summed E-state index contributed by atoms with van der Waals surface area (Å²) >= 11 is 6.40. The summed E-state index contributed by atoms with van der Waals surface area (Å²) in [5, 5.41) is 1.79. The summed E-state index contributed by atoms with van der Waals surface area (Å²) in [5.41, 5.74) is 4.65. The molecule has 0 saturated heterocycles. The van der Waals surface area contributed by atoms with Crippen LogP contribution in [0.4, 0.5) is 0 Å². The summed E-state index contributed by atoms with van der Waals surface area (Å²) in [6, 6.07) is 6.14. The Balaban J connectivity index is 0.000000924. The first-order chi connectivity index (χ1) is 11.1. The van der Waals surface area contributed by atoms with Gasteiger partial charge >= 0.3 is 0 Å². The van der Waals surface area contributed by atoms with E-state index in [1.165, 1.54) is 5.69 Å². The molecule has 1 aromatic carbocycles. The Hall–Kier alpha value is -2.13. The van der Waals surface area contributed by atoms with E-state index >= 15 is 0 Å². The van der Waals surface area contributed by atoms with Crippen LogP contribution in [0.25, 0.3) is 28.2 Å². The average molecular weight is 328 g/mol. The predicted octanol–water partition coefficient (Wildman–Crippen LogP) is 6.07. The molecular weight excluding hydrogens is 306 g/mol. The molecule has 4 heteroatoms. The van der Waals surface area contributed by atoms with Crippen LogP contribution in [-0.2, 0) is 0 Å². The maximum Gasteiger partial charge on any atom is 0.0901 e. The van der Waals surface area contributed by atoms with Crippen LogP contribution in [0.3, 0.4) is 0 Å². The first-order valence-electron chi connectivity index (χ1n) is 7.85. The van der Waals surface area contributed by atoms with Crippen molar-refractivity contribution in [3.8, 4) is 11.3 Å². The smallest absolute Gasteiger partial charge is 0.0901 e. The zero-order valence-corrected chi connectivity index (χ0v) is 14.8. The summed E-state index contributed by atoms with van der Waals surface area (Å²) in [4.78, 5) is 12.1. The third kappa shape index (κ3) is 3.62. The maximum atomic E-state index is 6.40. The highest BCUT2D eigenvalue weighted by Crippen LogP contribution is 2.32. The standard InChI is InChI=1S/C17H16ClN3.C2H6/c1-4-12-8-20-17(9-19-12)13-7-16-11(5-14(13)18)6-15(21-16)10(2)3;1-2/h4-10,21H,1H2,2-3H3;1-2H3. The monoisotopic (exact) mass is 327 g/mol. The Labute approximate surface area is 142 Å². The van der Waals surface area contributed by atoms with Crippen molar-refractivity contribution in [1.82, 2.24) is 15.0 Å². The van der Waals surface area contributed by atoms with Gasteiger partial charge in [-0.2, -0.15) is 0 Å². The van der Waals surface area contributed by atoms with Crippen LogP contribution in [0.2, 0.25) is 5.02 Å². The zero-order chi connectivity index (χ0) is 17.0. The fourth-order valence-corrected chi connectivity index (χ4v) is 2.53. The molecular formula is C19H22ClN3. The number of nitrogens with zero attached hydrogens (tertiary/aromatic N) is 2. The van der Waals surface area contributed by atoms with Gasteiger partial charge in [0.2, 0.25) is 0 Å². The van der Waals surface area contributed by atoms with E-state index < -0.39 is 0 Å². The Bertz CT molecular complexity index is 801. The SMILES string of the molecule is C=Cc1cnc(-c2cc3[nH]c(C(C)C)cc3cc2Cl)cn1.CC. The van der Waals surface area contributed by atoms with Gasteiger partial charge in [-0.3, -0.25) is 9.97 Å². The minimum absolute atomic E-state index is 0.450. The van der Waals surface area contributed by atoms with Crippen molar-refractivity contribution in [1.29, 1.82) is 0 Å². The summed E-state index contributed by atoms with van der Waals surface area (Å²) in [7, 11) is 0. The number of aromatic nitrogens is 3. The van der Waals surface area contributed by atoms with E-state index in [4.69, 9.17) is 11.6 Å². The van der Waals surface area contributed by atoms with Crippen molar-refractivity contribution in [2.24, 2.45) is 0 Å². The van der Waals surface area contributed by atoms with E-state index in [0.717, 1.165) is 27.9 Å². The summed E-state index contributed by atoms with van der Waals surface area (Å²) in [6.07, 6.45) is 5.08. The molecule has 23 heavy (non-hydrogen) atoms. The normalized spacial score (nSPS) is 10.5. The Morgan fingerprint density at radius 1 is 1.13 bits per heavy atom. The molecule has 3 aromatic rings. The molecule has 1 N–H and O–H groups in total. The van der Waals surface area contributed by atoms with Crippen LogP contribution in [0.15, 0.2) is 37.2 Å². The molecule has 0 amide bonds. The number of hydrogen-bond donors (Lipinski definition) is 1. The third-order valence-corrected chi connectivity index (χ3v) is 3.82. The minimum atomic E-state index is 0.450. The van der Waals surface area contributed by atoms with Crippen LogP contribution in [0.1, 0.15) is 45.0 Å². The lowest BCUT2D eigenvalue weighted by Crippen LogP contribution is -1.89. The van der Waals surface area contributed by atoms with Crippen molar-refractivity contribution in [3.05, 3.63) is 53.6 Å². The third-order valence-electron chi connectivity index (χ3n) is 3.51. The maximum absolute atomic E-state index is 6.40. The molecule has 2 aromatic heterocycles. The van der Waals surface area contributed by atoms with Gasteiger partial charge in [-0.15, -0.1) is 0 Å². The van der Waals surface area contributed by atoms with Gasteiger partial charge in [0, 0.05) is 22.2 Å². The topological polar surface area (TPSA) is 41.6 Å². The number of H-pyrrole nitrogens is 1. The molecule has 3 rings (SSSR count). The van der Waals surface area contributed by atoms with Crippen molar-refractivity contribution in [2.75, 3.05) is 0 Å². The molecule has 0 aliphatic carbocycles. The fraction of sp³-hybridized carbons (Fsp3) is 0.263. The average Bonchev–Trinajstić information content (AvgIpc) is 2.99. The Morgan fingerprint density at radius 3 is 2.43 bits per heavy atom. The van der Waals surface area contributed by atoms with E-state index in [2.05, 4.69) is 41.4 Å². The van der Waals surface area contributed by atoms with Gasteiger partial charge in [-0.25, -0.2) is 0 Å². The summed E-state index contributed by atoms with van der Waals surface area (Å²) in [6.45, 7) is 12.0. The number of nitrogens with one attached hydrogen (secondary N) is 1. The minimum Gasteiger partial charge on any atom is -0.358 e. The van der Waals surface area contributed by atoms with Crippen LogP contribution >= 0.6 is 11.6 Å². The molecule has 2 heterocycles. The highest BCUT2D eigenvalue weighted by molar-refractivity contribution is 6.34. The number of halogens is 1. The Kier molecular flexibility index (Phi) is 5.56. The Morgan fingerprint density at radius 2 is 1.87 bits per heavy atom.